The molecule has 1 unspecified atom stereocenters. The number of carbonyl (C=O) groups is 1. The highest BCUT2D eigenvalue weighted by molar-refractivity contribution is 5.75. The summed E-state index contributed by atoms with van der Waals surface area (Å²) in [5.41, 5.74) is 1.34. The lowest BCUT2D eigenvalue weighted by molar-refractivity contribution is 0.230. The molecule has 1 aliphatic rings. The van der Waals surface area contributed by atoms with Gasteiger partial charge >= 0.3 is 6.03 Å². The predicted octanol–water partition coefficient (Wildman–Crippen LogP) is 3.63. The molecule has 0 spiro atoms. The Morgan fingerprint density at radius 3 is 2.42 bits per heavy atom. The van der Waals surface area contributed by atoms with Crippen LogP contribution in [0.3, 0.4) is 0 Å². The lowest BCUT2D eigenvalue weighted by atomic mass is 9.85. The van der Waals surface area contributed by atoms with Crippen LogP contribution in [-0.4, -0.2) is 12.1 Å². The van der Waals surface area contributed by atoms with Gasteiger partial charge in [0.2, 0.25) is 0 Å². The van der Waals surface area contributed by atoms with E-state index in [2.05, 4.69) is 43.5 Å². The highest BCUT2D eigenvalue weighted by atomic mass is 16.2. The van der Waals surface area contributed by atoms with Gasteiger partial charge in [-0.25, -0.2) is 4.79 Å². The first-order chi connectivity index (χ1) is 8.94. The molecule has 0 aliphatic heterocycles. The van der Waals surface area contributed by atoms with Crippen molar-refractivity contribution < 1.29 is 4.79 Å². The van der Waals surface area contributed by atoms with Crippen molar-refractivity contribution in [3.63, 3.8) is 0 Å². The highest BCUT2D eigenvalue weighted by Gasteiger charge is 2.26. The van der Waals surface area contributed by atoms with Crippen molar-refractivity contribution in [2.45, 2.75) is 52.1 Å². The summed E-state index contributed by atoms with van der Waals surface area (Å²) in [5.74, 6) is 0. The van der Waals surface area contributed by atoms with Gasteiger partial charge in [0.15, 0.2) is 0 Å². The van der Waals surface area contributed by atoms with E-state index in [1.165, 1.54) is 5.56 Å². The number of urea groups is 1. The third kappa shape index (κ3) is 4.93. The van der Waals surface area contributed by atoms with E-state index in [0.29, 0.717) is 6.04 Å². The first-order valence-corrected chi connectivity index (χ1v) is 7.06. The molecule has 1 aromatic carbocycles. The van der Waals surface area contributed by atoms with E-state index in [-0.39, 0.29) is 17.5 Å². The average molecular weight is 260 g/mol. The SMILES string of the molecule is CC(C)(C)CC(NC(=O)NC1CC1)c1ccccc1. The van der Waals surface area contributed by atoms with E-state index < -0.39 is 0 Å². The molecule has 2 amide bonds. The van der Waals surface area contributed by atoms with Gasteiger partial charge in [0, 0.05) is 6.04 Å². The maximum absolute atomic E-state index is 11.9. The summed E-state index contributed by atoms with van der Waals surface area (Å²) in [6.07, 6.45) is 3.15. The van der Waals surface area contributed by atoms with Crippen LogP contribution in [0.2, 0.25) is 0 Å². The van der Waals surface area contributed by atoms with Crippen molar-refractivity contribution >= 4 is 6.03 Å². The monoisotopic (exact) mass is 260 g/mol. The fourth-order valence-corrected chi connectivity index (χ4v) is 2.16. The Hall–Kier alpha value is -1.51. The van der Waals surface area contributed by atoms with Gasteiger partial charge in [-0.05, 0) is 30.2 Å². The normalized spacial score (nSPS) is 16.8. The molecule has 19 heavy (non-hydrogen) atoms. The van der Waals surface area contributed by atoms with Crippen molar-refractivity contribution in [1.29, 1.82) is 0 Å². The van der Waals surface area contributed by atoms with Crippen molar-refractivity contribution in [3.8, 4) is 0 Å². The molecule has 2 N–H and O–H groups in total. The summed E-state index contributed by atoms with van der Waals surface area (Å²) < 4.78 is 0. The molecule has 1 aliphatic carbocycles. The Bertz CT molecular complexity index is 418. The molecule has 1 fully saturated rings. The standard InChI is InChI=1S/C16H24N2O/c1-16(2,3)11-14(12-7-5-4-6-8-12)18-15(19)17-13-9-10-13/h4-8,13-14H,9-11H2,1-3H3,(H2,17,18,19). The maximum Gasteiger partial charge on any atom is 0.315 e. The average Bonchev–Trinajstić information content (AvgIpc) is 3.11. The van der Waals surface area contributed by atoms with Crippen LogP contribution >= 0.6 is 0 Å². The number of benzene rings is 1. The van der Waals surface area contributed by atoms with Crippen molar-refractivity contribution in [2.24, 2.45) is 5.41 Å². The third-order valence-corrected chi connectivity index (χ3v) is 3.24. The van der Waals surface area contributed by atoms with Gasteiger partial charge in [-0.3, -0.25) is 0 Å². The molecule has 1 saturated carbocycles. The Balaban J connectivity index is 2.03. The predicted molar refractivity (Wildman–Crippen MR) is 77.9 cm³/mol. The van der Waals surface area contributed by atoms with E-state index >= 15 is 0 Å². The number of carbonyl (C=O) groups excluding carboxylic acids is 1. The number of hydrogen-bond donors (Lipinski definition) is 2. The van der Waals surface area contributed by atoms with Crippen LogP contribution in [-0.2, 0) is 0 Å². The molecular weight excluding hydrogens is 236 g/mol. The molecule has 104 valence electrons. The minimum absolute atomic E-state index is 0.0411. The van der Waals surface area contributed by atoms with Gasteiger partial charge in [-0.1, -0.05) is 51.1 Å². The lowest BCUT2D eigenvalue weighted by Crippen LogP contribution is -2.40. The smallest absolute Gasteiger partial charge is 0.315 e. The topological polar surface area (TPSA) is 41.1 Å². The Kier molecular flexibility index (Phi) is 4.13. The molecule has 1 aromatic rings. The van der Waals surface area contributed by atoms with E-state index in [9.17, 15) is 4.79 Å². The minimum Gasteiger partial charge on any atom is -0.335 e. The quantitative estimate of drug-likeness (QED) is 0.853. The van der Waals surface area contributed by atoms with E-state index in [1.54, 1.807) is 0 Å². The summed E-state index contributed by atoms with van der Waals surface area (Å²) in [7, 11) is 0. The molecule has 3 heteroatoms. The fourth-order valence-electron chi connectivity index (χ4n) is 2.16. The molecule has 0 saturated heterocycles. The van der Waals surface area contributed by atoms with Gasteiger partial charge in [0.05, 0.1) is 6.04 Å². The maximum atomic E-state index is 11.9. The molecular formula is C16H24N2O. The van der Waals surface area contributed by atoms with Gasteiger partial charge in [0.1, 0.15) is 0 Å². The van der Waals surface area contributed by atoms with E-state index in [1.807, 2.05) is 18.2 Å². The van der Waals surface area contributed by atoms with Gasteiger partial charge in [-0.2, -0.15) is 0 Å². The van der Waals surface area contributed by atoms with Crippen LogP contribution in [0.1, 0.15) is 51.6 Å². The molecule has 1 atom stereocenters. The van der Waals surface area contributed by atoms with E-state index in [4.69, 9.17) is 0 Å². The van der Waals surface area contributed by atoms with Crippen molar-refractivity contribution in [1.82, 2.24) is 10.6 Å². The minimum atomic E-state index is -0.0411. The Labute approximate surface area is 115 Å². The van der Waals surface area contributed by atoms with Crippen molar-refractivity contribution in [3.05, 3.63) is 35.9 Å². The number of nitrogens with one attached hydrogen (secondary N) is 2. The fraction of sp³-hybridized carbons (Fsp3) is 0.562. The van der Waals surface area contributed by atoms with Crippen LogP contribution in [0.25, 0.3) is 0 Å². The second kappa shape index (κ2) is 5.64. The molecule has 0 aromatic heterocycles. The first kappa shape index (κ1) is 13.9. The highest BCUT2D eigenvalue weighted by Crippen LogP contribution is 2.29. The second-order valence-electron chi connectivity index (χ2n) is 6.62. The van der Waals surface area contributed by atoms with Gasteiger partial charge < -0.3 is 10.6 Å². The lowest BCUT2D eigenvalue weighted by Gasteiger charge is -2.27. The van der Waals surface area contributed by atoms with Gasteiger partial charge in [0.25, 0.3) is 0 Å². The van der Waals surface area contributed by atoms with Crippen LogP contribution in [0, 0.1) is 5.41 Å². The number of hydrogen-bond acceptors (Lipinski definition) is 1. The van der Waals surface area contributed by atoms with Crippen molar-refractivity contribution in [2.75, 3.05) is 0 Å². The zero-order chi connectivity index (χ0) is 13.9. The number of amides is 2. The molecule has 0 heterocycles. The zero-order valence-corrected chi connectivity index (χ0v) is 12.1. The van der Waals surface area contributed by atoms with Gasteiger partial charge in [-0.15, -0.1) is 0 Å². The molecule has 0 bridgehead atoms. The summed E-state index contributed by atoms with van der Waals surface area (Å²) in [4.78, 5) is 11.9. The molecule has 0 radical (unpaired) electrons. The van der Waals surface area contributed by atoms with Crippen LogP contribution in [0.5, 0.6) is 0 Å². The Morgan fingerprint density at radius 1 is 1.26 bits per heavy atom. The molecule has 3 nitrogen and oxygen atoms in total. The van der Waals surface area contributed by atoms with E-state index in [0.717, 1.165) is 19.3 Å². The summed E-state index contributed by atoms with van der Waals surface area (Å²) in [6, 6.07) is 10.6. The van der Waals surface area contributed by atoms with Crippen LogP contribution in [0.15, 0.2) is 30.3 Å². The Morgan fingerprint density at radius 2 is 1.89 bits per heavy atom. The summed E-state index contributed by atoms with van der Waals surface area (Å²) in [5, 5.41) is 6.10. The first-order valence-electron chi connectivity index (χ1n) is 7.06. The van der Waals surface area contributed by atoms with Crippen LogP contribution in [0.4, 0.5) is 4.79 Å². The van der Waals surface area contributed by atoms with Crippen LogP contribution < -0.4 is 10.6 Å². The third-order valence-electron chi connectivity index (χ3n) is 3.24. The summed E-state index contributed by atoms with van der Waals surface area (Å²) in [6.45, 7) is 6.59. The second-order valence-corrected chi connectivity index (χ2v) is 6.62. The zero-order valence-electron chi connectivity index (χ0n) is 12.1. The number of rotatable bonds is 4. The largest absolute Gasteiger partial charge is 0.335 e. The molecule has 2 rings (SSSR count). The summed E-state index contributed by atoms with van der Waals surface area (Å²) >= 11 is 0.